The summed E-state index contributed by atoms with van der Waals surface area (Å²) in [5, 5.41) is 0. The summed E-state index contributed by atoms with van der Waals surface area (Å²) < 4.78 is 29.8. The van der Waals surface area contributed by atoms with E-state index in [2.05, 4.69) is 26.8 Å². The molecule has 1 amide bonds. The van der Waals surface area contributed by atoms with Gasteiger partial charge in [-0.15, -0.1) is 0 Å². The molecule has 0 bridgehead atoms. The Morgan fingerprint density at radius 1 is 1.18 bits per heavy atom. The number of hydrogen-bond acceptors (Lipinski definition) is 7. The van der Waals surface area contributed by atoms with Gasteiger partial charge in [-0.3, -0.25) is 0 Å². The lowest BCUT2D eigenvalue weighted by Gasteiger charge is -2.55. The van der Waals surface area contributed by atoms with Crippen LogP contribution in [0.5, 0.6) is 11.5 Å². The van der Waals surface area contributed by atoms with E-state index in [0.717, 1.165) is 37.7 Å². The normalized spacial score (nSPS) is 25.6. The summed E-state index contributed by atoms with van der Waals surface area (Å²) in [5.41, 5.74) is 1.22. The number of amides is 1. The number of fused-ring (bicyclic) bond motifs is 3. The minimum Gasteiger partial charge on any atom is -0.483 e. The third-order valence-corrected chi connectivity index (χ3v) is 8.27. The Bertz CT molecular complexity index is 1080. The number of allylic oxidation sites excluding steroid dienone is 2. The minimum atomic E-state index is -0.507. The third kappa shape index (κ3) is 6.71. The summed E-state index contributed by atoms with van der Waals surface area (Å²) in [6, 6.07) is 5.79. The number of piperidine rings is 1. The van der Waals surface area contributed by atoms with Gasteiger partial charge in [0.05, 0.1) is 19.8 Å². The summed E-state index contributed by atoms with van der Waals surface area (Å²) in [4.78, 5) is 26.3. The first-order valence-electron chi connectivity index (χ1n) is 14.1. The average molecular weight is 544 g/mol. The van der Waals surface area contributed by atoms with Crippen molar-refractivity contribution in [2.75, 3.05) is 33.4 Å². The maximum Gasteiger partial charge on any atom is 0.410 e. The number of para-hydroxylation sites is 1. The third-order valence-electron chi connectivity index (χ3n) is 8.27. The molecule has 216 valence electrons. The highest BCUT2D eigenvalue weighted by atomic mass is 16.6. The number of methoxy groups -OCH3 is 1. The van der Waals surface area contributed by atoms with Crippen molar-refractivity contribution in [3.8, 4) is 11.5 Å². The van der Waals surface area contributed by atoms with Crippen molar-refractivity contribution < 1.29 is 33.3 Å². The molecule has 1 aromatic carbocycles. The van der Waals surface area contributed by atoms with Crippen LogP contribution in [0.25, 0.3) is 0 Å². The van der Waals surface area contributed by atoms with Crippen LogP contribution in [0, 0.1) is 11.3 Å². The van der Waals surface area contributed by atoms with Gasteiger partial charge in [0.15, 0.2) is 18.1 Å². The number of benzene rings is 1. The molecule has 3 atom stereocenters. The zero-order valence-corrected chi connectivity index (χ0v) is 24.6. The summed E-state index contributed by atoms with van der Waals surface area (Å²) >= 11 is 0. The molecule has 3 aliphatic heterocycles. The molecule has 0 unspecified atom stereocenters. The number of esters is 1. The average Bonchev–Trinajstić information content (AvgIpc) is 2.87. The summed E-state index contributed by atoms with van der Waals surface area (Å²) in [6.07, 6.45) is 6.28. The minimum absolute atomic E-state index is 0.0166. The highest BCUT2D eigenvalue weighted by Gasteiger charge is 2.55. The maximum absolute atomic E-state index is 12.7. The Morgan fingerprint density at radius 3 is 2.54 bits per heavy atom. The molecule has 0 aliphatic carbocycles. The topological polar surface area (TPSA) is 83.5 Å². The standard InChI is InChI=1S/C31H45NO7/c1-21(2)10-9-13-30(6)23-18-31(14-16-32(17-15-31)28(34)39-29(3,4)5)20-37-26(23)22-11-8-12-24(27(22)38-30)36-19-25(33)35-7/h8,10-12,23,26H,9,13-20H2,1-7H3/t23-,26+,30-/m0/s1. The Hall–Kier alpha value is -2.74. The van der Waals surface area contributed by atoms with Gasteiger partial charge in [-0.25, -0.2) is 9.59 Å². The van der Waals surface area contributed by atoms with Gasteiger partial charge < -0.3 is 28.6 Å². The maximum atomic E-state index is 12.7. The predicted molar refractivity (Wildman–Crippen MR) is 148 cm³/mol. The fraction of sp³-hybridized carbons (Fsp3) is 0.677. The first kappa shape index (κ1) is 29.2. The van der Waals surface area contributed by atoms with Gasteiger partial charge in [-0.2, -0.15) is 0 Å². The SMILES string of the molecule is COC(=O)COc1cccc2c1O[C@@](C)(CCC=C(C)C)[C@H]1CC3(CCN(C(=O)OC(C)(C)C)CC3)CO[C@H]21. The second-order valence-electron chi connectivity index (χ2n) is 12.8. The zero-order chi connectivity index (χ0) is 28.4. The molecule has 8 heteroatoms. The van der Waals surface area contributed by atoms with Gasteiger partial charge in [0.1, 0.15) is 11.2 Å². The van der Waals surface area contributed by atoms with Crippen LogP contribution >= 0.6 is 0 Å². The van der Waals surface area contributed by atoms with E-state index < -0.39 is 17.2 Å². The molecule has 3 aliphatic rings. The highest BCUT2D eigenvalue weighted by molar-refractivity contribution is 5.71. The van der Waals surface area contributed by atoms with Crippen LogP contribution in [0.4, 0.5) is 4.79 Å². The molecule has 1 aromatic rings. The van der Waals surface area contributed by atoms with Crippen molar-refractivity contribution in [1.29, 1.82) is 0 Å². The van der Waals surface area contributed by atoms with E-state index in [9.17, 15) is 9.59 Å². The van der Waals surface area contributed by atoms with Crippen molar-refractivity contribution >= 4 is 12.1 Å². The smallest absolute Gasteiger partial charge is 0.410 e. The van der Waals surface area contributed by atoms with Crippen LogP contribution in [0.1, 0.15) is 85.3 Å². The second kappa shape index (κ2) is 11.4. The summed E-state index contributed by atoms with van der Waals surface area (Å²) in [5.74, 6) is 0.867. The quantitative estimate of drug-likeness (QED) is 0.311. The molecule has 1 spiro atoms. The predicted octanol–water partition coefficient (Wildman–Crippen LogP) is 6.23. The van der Waals surface area contributed by atoms with Crippen LogP contribution in [0.3, 0.4) is 0 Å². The van der Waals surface area contributed by atoms with Crippen LogP contribution in [-0.4, -0.2) is 61.6 Å². The molecule has 0 aromatic heterocycles. The van der Waals surface area contributed by atoms with E-state index in [4.69, 9.17) is 23.7 Å². The monoisotopic (exact) mass is 543 g/mol. The van der Waals surface area contributed by atoms with E-state index in [1.807, 2.05) is 43.9 Å². The molecular weight excluding hydrogens is 498 g/mol. The van der Waals surface area contributed by atoms with Gasteiger partial charge in [0.2, 0.25) is 0 Å². The van der Waals surface area contributed by atoms with Gasteiger partial charge in [-0.05, 0) is 85.1 Å². The Labute approximate surface area is 232 Å². The van der Waals surface area contributed by atoms with E-state index in [0.29, 0.717) is 31.2 Å². The summed E-state index contributed by atoms with van der Waals surface area (Å²) in [7, 11) is 1.34. The molecule has 0 N–H and O–H groups in total. The molecule has 0 saturated carbocycles. The lowest BCUT2D eigenvalue weighted by Crippen LogP contribution is -2.56. The highest BCUT2D eigenvalue weighted by Crippen LogP contribution is 2.58. The molecule has 39 heavy (non-hydrogen) atoms. The number of carbonyl (C=O) groups is 2. The van der Waals surface area contributed by atoms with Gasteiger partial charge in [-0.1, -0.05) is 23.8 Å². The number of rotatable bonds is 6. The van der Waals surface area contributed by atoms with Crippen molar-refractivity contribution in [1.82, 2.24) is 4.90 Å². The molecule has 0 radical (unpaired) electrons. The number of nitrogens with zero attached hydrogens (tertiary/aromatic N) is 1. The largest absolute Gasteiger partial charge is 0.483 e. The van der Waals surface area contributed by atoms with E-state index in [1.165, 1.54) is 12.7 Å². The van der Waals surface area contributed by atoms with Gasteiger partial charge >= 0.3 is 12.1 Å². The summed E-state index contributed by atoms with van der Waals surface area (Å²) in [6.45, 7) is 13.9. The van der Waals surface area contributed by atoms with Crippen LogP contribution in [0.15, 0.2) is 29.8 Å². The van der Waals surface area contributed by atoms with Crippen LogP contribution in [-0.2, 0) is 19.0 Å². The first-order chi connectivity index (χ1) is 18.3. The lowest BCUT2D eigenvalue weighted by atomic mass is 9.63. The van der Waals surface area contributed by atoms with Gasteiger partial charge in [0.25, 0.3) is 0 Å². The second-order valence-corrected chi connectivity index (χ2v) is 12.8. The van der Waals surface area contributed by atoms with E-state index >= 15 is 0 Å². The van der Waals surface area contributed by atoms with E-state index in [-0.39, 0.29) is 30.1 Å². The zero-order valence-electron chi connectivity index (χ0n) is 24.6. The number of carbonyl (C=O) groups excluding carboxylic acids is 2. The van der Waals surface area contributed by atoms with Crippen molar-refractivity contribution in [3.05, 3.63) is 35.4 Å². The van der Waals surface area contributed by atoms with Gasteiger partial charge in [0, 0.05) is 24.6 Å². The molecule has 8 nitrogen and oxygen atoms in total. The van der Waals surface area contributed by atoms with Crippen molar-refractivity contribution in [2.45, 2.75) is 91.0 Å². The number of ether oxygens (including phenoxy) is 5. The van der Waals surface area contributed by atoms with Crippen LogP contribution in [0.2, 0.25) is 0 Å². The fourth-order valence-electron chi connectivity index (χ4n) is 6.06. The first-order valence-corrected chi connectivity index (χ1v) is 14.1. The Kier molecular flexibility index (Phi) is 8.55. The molecule has 2 fully saturated rings. The van der Waals surface area contributed by atoms with Crippen molar-refractivity contribution in [3.63, 3.8) is 0 Å². The van der Waals surface area contributed by atoms with Crippen LogP contribution < -0.4 is 9.47 Å². The molecule has 4 rings (SSSR count). The molecule has 2 saturated heterocycles. The fourth-order valence-corrected chi connectivity index (χ4v) is 6.06. The molecule has 3 heterocycles. The lowest BCUT2D eigenvalue weighted by molar-refractivity contribution is -0.180. The Balaban J connectivity index is 1.57. The number of likely N-dealkylation sites (tertiary alicyclic amines) is 1. The number of hydrogen-bond donors (Lipinski definition) is 0. The Morgan fingerprint density at radius 2 is 1.90 bits per heavy atom. The molecular formula is C31H45NO7. The van der Waals surface area contributed by atoms with E-state index in [1.54, 1.807) is 0 Å². The van der Waals surface area contributed by atoms with Crippen molar-refractivity contribution in [2.24, 2.45) is 11.3 Å².